The Kier molecular flexibility index (Phi) is 3.64. The summed E-state index contributed by atoms with van der Waals surface area (Å²) in [4.78, 5) is 16.0. The van der Waals surface area contributed by atoms with E-state index in [1.54, 1.807) is 13.4 Å². The number of anilines is 2. The molecule has 2 aromatic rings. The second-order valence-corrected chi connectivity index (χ2v) is 4.57. The number of H-pyrrole nitrogens is 1. The molecule has 6 nitrogen and oxygen atoms in total. The first kappa shape index (κ1) is 12.6. The second kappa shape index (κ2) is 5.20. The van der Waals surface area contributed by atoms with Gasteiger partial charge >= 0.3 is 0 Å². The Morgan fingerprint density at radius 3 is 2.78 bits per heavy atom. The lowest BCUT2D eigenvalue weighted by Gasteiger charge is -2.20. The first-order valence-electron chi connectivity index (χ1n) is 6.31. The highest BCUT2D eigenvalue weighted by Gasteiger charge is 2.14. The van der Waals surface area contributed by atoms with Crippen LogP contribution in [0.4, 0.5) is 11.8 Å². The molecular weight excluding hydrogens is 228 g/mol. The monoisotopic (exact) mass is 248 g/mol. The molecule has 98 valence electrons. The number of aromatic amines is 1. The molecule has 0 saturated carbocycles. The van der Waals surface area contributed by atoms with Crippen molar-refractivity contribution < 1.29 is 0 Å². The van der Waals surface area contributed by atoms with Crippen molar-refractivity contribution in [2.24, 2.45) is 5.92 Å². The predicted molar refractivity (Wildman–Crippen MR) is 73.8 cm³/mol. The molecule has 18 heavy (non-hydrogen) atoms. The molecule has 0 aromatic carbocycles. The summed E-state index contributed by atoms with van der Waals surface area (Å²) in [6.45, 7) is 6.58. The molecular formula is C12H20N6. The fourth-order valence-electron chi connectivity index (χ4n) is 1.76. The van der Waals surface area contributed by atoms with Crippen molar-refractivity contribution in [3.05, 3.63) is 6.33 Å². The van der Waals surface area contributed by atoms with Gasteiger partial charge in [0.15, 0.2) is 11.5 Å². The van der Waals surface area contributed by atoms with Crippen LogP contribution >= 0.6 is 0 Å². The minimum absolute atomic E-state index is 0.348. The van der Waals surface area contributed by atoms with Gasteiger partial charge in [-0.05, 0) is 12.8 Å². The number of fused-ring (bicyclic) bond motifs is 1. The minimum atomic E-state index is 0.348. The predicted octanol–water partition coefficient (Wildman–Crippen LogP) is 2.24. The molecule has 0 saturated heterocycles. The molecule has 2 atom stereocenters. The highest BCUT2D eigenvalue weighted by Crippen LogP contribution is 2.21. The molecule has 0 amide bonds. The fraction of sp³-hybridized carbons (Fsp3) is 0.583. The van der Waals surface area contributed by atoms with Gasteiger partial charge in [-0.25, -0.2) is 4.98 Å². The highest BCUT2D eigenvalue weighted by molar-refractivity contribution is 5.83. The van der Waals surface area contributed by atoms with Gasteiger partial charge in [-0.1, -0.05) is 20.3 Å². The average molecular weight is 248 g/mol. The SMILES string of the molecule is CCC(C)C(C)Nc1nc(NC)nc2nc[nH]c12. The summed E-state index contributed by atoms with van der Waals surface area (Å²) in [6.07, 6.45) is 2.77. The molecule has 0 aliphatic heterocycles. The Morgan fingerprint density at radius 2 is 2.11 bits per heavy atom. The van der Waals surface area contributed by atoms with Gasteiger partial charge in [0.05, 0.1) is 6.33 Å². The Hall–Kier alpha value is -1.85. The van der Waals surface area contributed by atoms with Crippen molar-refractivity contribution in [1.29, 1.82) is 0 Å². The highest BCUT2D eigenvalue weighted by atomic mass is 15.2. The van der Waals surface area contributed by atoms with E-state index >= 15 is 0 Å². The summed E-state index contributed by atoms with van der Waals surface area (Å²) in [5.74, 6) is 1.96. The summed E-state index contributed by atoms with van der Waals surface area (Å²) < 4.78 is 0. The maximum Gasteiger partial charge on any atom is 0.226 e. The van der Waals surface area contributed by atoms with Crippen LogP contribution in [0, 0.1) is 5.92 Å². The van der Waals surface area contributed by atoms with E-state index in [1.807, 2.05) is 0 Å². The van der Waals surface area contributed by atoms with E-state index in [0.717, 1.165) is 17.8 Å². The Bertz CT molecular complexity index is 520. The summed E-state index contributed by atoms with van der Waals surface area (Å²) in [5, 5.41) is 6.38. The van der Waals surface area contributed by atoms with Crippen molar-refractivity contribution in [1.82, 2.24) is 19.9 Å². The summed E-state index contributed by atoms with van der Waals surface area (Å²) >= 11 is 0. The third-order valence-corrected chi connectivity index (χ3v) is 3.37. The Labute approximate surface area is 107 Å². The number of aromatic nitrogens is 4. The molecule has 2 unspecified atom stereocenters. The third-order valence-electron chi connectivity index (χ3n) is 3.37. The zero-order chi connectivity index (χ0) is 13.1. The zero-order valence-corrected chi connectivity index (χ0v) is 11.3. The van der Waals surface area contributed by atoms with Crippen LogP contribution in [-0.2, 0) is 0 Å². The molecule has 0 bridgehead atoms. The lowest BCUT2D eigenvalue weighted by Crippen LogP contribution is -2.24. The van der Waals surface area contributed by atoms with Crippen molar-refractivity contribution >= 4 is 22.9 Å². The third kappa shape index (κ3) is 2.37. The molecule has 2 aromatic heterocycles. The van der Waals surface area contributed by atoms with Crippen LogP contribution in [-0.4, -0.2) is 33.0 Å². The number of imidazole rings is 1. The number of rotatable bonds is 5. The van der Waals surface area contributed by atoms with Gasteiger partial charge in [0, 0.05) is 13.1 Å². The van der Waals surface area contributed by atoms with Crippen molar-refractivity contribution in [2.45, 2.75) is 33.2 Å². The molecule has 0 aliphatic carbocycles. The lowest BCUT2D eigenvalue weighted by atomic mass is 10.0. The van der Waals surface area contributed by atoms with Gasteiger partial charge in [0.2, 0.25) is 5.95 Å². The quantitative estimate of drug-likeness (QED) is 0.756. The van der Waals surface area contributed by atoms with Gasteiger partial charge in [0.25, 0.3) is 0 Å². The first-order chi connectivity index (χ1) is 8.65. The van der Waals surface area contributed by atoms with Crippen molar-refractivity contribution in [3.8, 4) is 0 Å². The van der Waals surface area contributed by atoms with Crippen LogP contribution in [0.25, 0.3) is 11.2 Å². The van der Waals surface area contributed by atoms with Gasteiger partial charge in [-0.15, -0.1) is 0 Å². The standard InChI is InChI=1S/C12H20N6/c1-5-7(2)8(3)16-11-9-10(15-6-14-9)17-12(13-4)18-11/h6-8H,5H2,1-4H3,(H3,13,14,15,16,17,18). The lowest BCUT2D eigenvalue weighted by molar-refractivity contribution is 0.494. The van der Waals surface area contributed by atoms with E-state index in [0.29, 0.717) is 23.6 Å². The average Bonchev–Trinajstić information content (AvgIpc) is 2.85. The van der Waals surface area contributed by atoms with E-state index in [1.165, 1.54) is 0 Å². The summed E-state index contributed by atoms with van der Waals surface area (Å²) in [6, 6.07) is 0.348. The number of hydrogen-bond acceptors (Lipinski definition) is 5. The van der Waals surface area contributed by atoms with Gasteiger partial charge < -0.3 is 15.6 Å². The zero-order valence-electron chi connectivity index (χ0n) is 11.3. The number of hydrogen-bond donors (Lipinski definition) is 3. The molecule has 2 rings (SSSR count). The van der Waals surface area contributed by atoms with Crippen LogP contribution in [0.5, 0.6) is 0 Å². The molecule has 0 spiro atoms. The maximum atomic E-state index is 4.44. The fourth-order valence-corrected chi connectivity index (χ4v) is 1.76. The van der Waals surface area contributed by atoms with Gasteiger partial charge in [-0.2, -0.15) is 9.97 Å². The van der Waals surface area contributed by atoms with Crippen LogP contribution < -0.4 is 10.6 Å². The van der Waals surface area contributed by atoms with Crippen LogP contribution in [0.3, 0.4) is 0 Å². The Balaban J connectivity index is 2.33. The largest absolute Gasteiger partial charge is 0.365 e. The van der Waals surface area contributed by atoms with E-state index < -0.39 is 0 Å². The van der Waals surface area contributed by atoms with Crippen LogP contribution in [0.1, 0.15) is 27.2 Å². The van der Waals surface area contributed by atoms with Crippen LogP contribution in [0.15, 0.2) is 6.33 Å². The molecule has 0 aliphatic rings. The van der Waals surface area contributed by atoms with Gasteiger partial charge in [0.1, 0.15) is 5.52 Å². The molecule has 6 heteroatoms. The van der Waals surface area contributed by atoms with Gasteiger partial charge in [-0.3, -0.25) is 0 Å². The molecule has 3 N–H and O–H groups in total. The van der Waals surface area contributed by atoms with Crippen molar-refractivity contribution in [2.75, 3.05) is 17.7 Å². The van der Waals surface area contributed by atoms with E-state index in [9.17, 15) is 0 Å². The normalized spacial score (nSPS) is 14.4. The minimum Gasteiger partial charge on any atom is -0.365 e. The molecule has 2 heterocycles. The number of nitrogens with one attached hydrogen (secondary N) is 3. The molecule has 0 fully saturated rings. The summed E-state index contributed by atoms with van der Waals surface area (Å²) in [7, 11) is 1.80. The smallest absolute Gasteiger partial charge is 0.226 e. The molecule has 0 radical (unpaired) electrons. The summed E-state index contributed by atoms with van der Waals surface area (Å²) in [5.41, 5.74) is 1.53. The van der Waals surface area contributed by atoms with E-state index in [-0.39, 0.29) is 0 Å². The second-order valence-electron chi connectivity index (χ2n) is 4.57. The van der Waals surface area contributed by atoms with E-state index in [2.05, 4.69) is 51.3 Å². The number of nitrogens with zero attached hydrogens (tertiary/aromatic N) is 3. The van der Waals surface area contributed by atoms with Crippen LogP contribution in [0.2, 0.25) is 0 Å². The first-order valence-corrected chi connectivity index (χ1v) is 6.31. The topological polar surface area (TPSA) is 78.5 Å². The maximum absolute atomic E-state index is 4.44. The Morgan fingerprint density at radius 1 is 1.33 bits per heavy atom. The van der Waals surface area contributed by atoms with E-state index in [4.69, 9.17) is 0 Å². The van der Waals surface area contributed by atoms with Crippen molar-refractivity contribution in [3.63, 3.8) is 0 Å².